The van der Waals surface area contributed by atoms with Gasteiger partial charge in [-0.25, -0.2) is 0 Å². The second kappa shape index (κ2) is 12.4. The largest absolute Gasteiger partial charge is 0.497 e. The number of rotatable bonds is 9. The summed E-state index contributed by atoms with van der Waals surface area (Å²) in [6.45, 7) is 10.1. The smallest absolute Gasteiger partial charge is 0.188 e. The van der Waals surface area contributed by atoms with E-state index >= 15 is 0 Å². The Kier molecular flexibility index (Phi) is 11.9. The molecule has 0 saturated carbocycles. The molecule has 0 aromatic heterocycles. The van der Waals surface area contributed by atoms with Gasteiger partial charge in [0, 0.05) is 12.6 Å². The quantitative estimate of drug-likeness (QED) is 0.356. The molecule has 0 amide bonds. The molecule has 0 saturated heterocycles. The number of halogens is 1. The van der Waals surface area contributed by atoms with E-state index in [0.717, 1.165) is 38.3 Å². The standard InChI is InChI=1S/C17H30N4O.HI/c1-5-21(6-2)14(3)13-20-17(18)19-12-11-15-7-9-16(22-4)10-8-15;/h7-10,14H,5-6,11-13H2,1-4H3,(H3,18,19,20);1H. The molecule has 1 atom stereocenters. The number of aliphatic imine (C=N–C) groups is 1. The number of likely N-dealkylation sites (N-methyl/N-ethyl adjacent to an activating group) is 1. The Bertz CT molecular complexity index is 446. The zero-order valence-electron chi connectivity index (χ0n) is 14.7. The van der Waals surface area contributed by atoms with Crippen LogP contribution in [0.25, 0.3) is 0 Å². The lowest BCUT2D eigenvalue weighted by Gasteiger charge is -2.24. The van der Waals surface area contributed by atoms with Gasteiger partial charge in [-0.05, 0) is 44.1 Å². The molecule has 0 heterocycles. The van der Waals surface area contributed by atoms with Crippen molar-refractivity contribution in [2.45, 2.75) is 33.2 Å². The van der Waals surface area contributed by atoms with Crippen LogP contribution in [0.15, 0.2) is 29.3 Å². The lowest BCUT2D eigenvalue weighted by molar-refractivity contribution is 0.237. The Balaban J connectivity index is 0.00000484. The van der Waals surface area contributed by atoms with Gasteiger partial charge in [-0.1, -0.05) is 26.0 Å². The zero-order chi connectivity index (χ0) is 16.4. The fourth-order valence-electron chi connectivity index (χ4n) is 2.38. The first-order valence-corrected chi connectivity index (χ1v) is 8.01. The summed E-state index contributed by atoms with van der Waals surface area (Å²) in [5.74, 6) is 1.40. The molecule has 6 heteroatoms. The Morgan fingerprint density at radius 3 is 2.39 bits per heavy atom. The molecular weight excluding hydrogens is 403 g/mol. The highest BCUT2D eigenvalue weighted by atomic mass is 127. The second-order valence-corrected chi connectivity index (χ2v) is 5.32. The van der Waals surface area contributed by atoms with Gasteiger partial charge in [-0.3, -0.25) is 9.89 Å². The molecule has 0 aliphatic rings. The van der Waals surface area contributed by atoms with Crippen molar-refractivity contribution in [1.82, 2.24) is 10.2 Å². The van der Waals surface area contributed by atoms with Crippen LogP contribution in [-0.4, -0.2) is 50.2 Å². The Labute approximate surface area is 157 Å². The fourth-order valence-corrected chi connectivity index (χ4v) is 2.38. The van der Waals surface area contributed by atoms with E-state index in [1.54, 1.807) is 7.11 Å². The van der Waals surface area contributed by atoms with Gasteiger partial charge in [0.05, 0.1) is 13.7 Å². The minimum absolute atomic E-state index is 0. The maximum Gasteiger partial charge on any atom is 0.188 e. The molecule has 0 aliphatic carbocycles. The van der Waals surface area contributed by atoms with Gasteiger partial charge in [0.1, 0.15) is 5.75 Å². The van der Waals surface area contributed by atoms with E-state index in [-0.39, 0.29) is 24.0 Å². The highest BCUT2D eigenvalue weighted by molar-refractivity contribution is 14.0. The molecule has 0 spiro atoms. The molecule has 3 N–H and O–H groups in total. The van der Waals surface area contributed by atoms with Crippen LogP contribution in [0.2, 0.25) is 0 Å². The van der Waals surface area contributed by atoms with Crippen molar-refractivity contribution in [3.63, 3.8) is 0 Å². The second-order valence-electron chi connectivity index (χ2n) is 5.32. The van der Waals surface area contributed by atoms with Crippen LogP contribution in [0.5, 0.6) is 5.75 Å². The van der Waals surface area contributed by atoms with Crippen molar-refractivity contribution in [3.05, 3.63) is 29.8 Å². The monoisotopic (exact) mass is 434 g/mol. The van der Waals surface area contributed by atoms with E-state index in [0.29, 0.717) is 12.0 Å². The van der Waals surface area contributed by atoms with Gasteiger partial charge >= 0.3 is 0 Å². The molecule has 5 nitrogen and oxygen atoms in total. The van der Waals surface area contributed by atoms with Crippen LogP contribution in [0.1, 0.15) is 26.3 Å². The summed E-state index contributed by atoms with van der Waals surface area (Å²) in [5, 5.41) is 3.17. The summed E-state index contributed by atoms with van der Waals surface area (Å²) in [7, 11) is 1.67. The van der Waals surface area contributed by atoms with Crippen molar-refractivity contribution in [2.24, 2.45) is 10.7 Å². The number of nitrogens with zero attached hydrogens (tertiary/aromatic N) is 2. The maximum absolute atomic E-state index is 5.92. The summed E-state index contributed by atoms with van der Waals surface area (Å²) >= 11 is 0. The van der Waals surface area contributed by atoms with Crippen LogP contribution >= 0.6 is 24.0 Å². The van der Waals surface area contributed by atoms with Gasteiger partial charge in [0.25, 0.3) is 0 Å². The third-order valence-electron chi connectivity index (χ3n) is 3.84. The minimum atomic E-state index is 0. The highest BCUT2D eigenvalue weighted by Crippen LogP contribution is 2.11. The molecule has 0 fully saturated rings. The first kappa shape index (κ1) is 22.0. The highest BCUT2D eigenvalue weighted by Gasteiger charge is 2.08. The molecule has 0 bridgehead atoms. The first-order valence-electron chi connectivity index (χ1n) is 8.01. The van der Waals surface area contributed by atoms with Crippen molar-refractivity contribution >= 4 is 29.9 Å². The number of benzene rings is 1. The van der Waals surface area contributed by atoms with Crippen LogP contribution in [0.4, 0.5) is 0 Å². The predicted molar refractivity (Wildman–Crippen MR) is 109 cm³/mol. The molecule has 0 radical (unpaired) electrons. The van der Waals surface area contributed by atoms with E-state index in [1.807, 2.05) is 12.1 Å². The number of ether oxygens (including phenoxy) is 1. The topological polar surface area (TPSA) is 62.9 Å². The van der Waals surface area contributed by atoms with E-state index < -0.39 is 0 Å². The number of hydrogen-bond donors (Lipinski definition) is 2. The van der Waals surface area contributed by atoms with E-state index in [4.69, 9.17) is 10.5 Å². The van der Waals surface area contributed by atoms with Crippen LogP contribution in [0.3, 0.4) is 0 Å². The molecule has 23 heavy (non-hydrogen) atoms. The molecule has 0 aliphatic heterocycles. The normalized spacial score (nSPS) is 12.7. The number of hydrogen-bond acceptors (Lipinski definition) is 3. The van der Waals surface area contributed by atoms with Crippen molar-refractivity contribution in [1.29, 1.82) is 0 Å². The molecule has 1 aromatic rings. The SMILES string of the molecule is CCN(CC)C(C)CN=C(N)NCCc1ccc(OC)cc1.I. The average Bonchev–Trinajstić information content (AvgIpc) is 2.54. The van der Waals surface area contributed by atoms with Crippen LogP contribution in [0, 0.1) is 0 Å². The summed E-state index contributed by atoms with van der Waals surface area (Å²) in [4.78, 5) is 6.79. The lowest BCUT2D eigenvalue weighted by atomic mass is 10.1. The van der Waals surface area contributed by atoms with Gasteiger partial charge in [0.2, 0.25) is 0 Å². The Hall–Kier alpha value is -1.02. The molecule has 132 valence electrons. The van der Waals surface area contributed by atoms with Crippen molar-refractivity contribution < 1.29 is 4.74 Å². The van der Waals surface area contributed by atoms with Gasteiger partial charge < -0.3 is 15.8 Å². The average molecular weight is 434 g/mol. The lowest BCUT2D eigenvalue weighted by Crippen LogP contribution is -2.38. The first-order chi connectivity index (χ1) is 10.6. The summed E-state index contributed by atoms with van der Waals surface area (Å²) in [6.07, 6.45) is 0.909. The predicted octanol–water partition coefficient (Wildman–Crippen LogP) is 2.49. The summed E-state index contributed by atoms with van der Waals surface area (Å²) in [5.41, 5.74) is 7.16. The Morgan fingerprint density at radius 2 is 1.87 bits per heavy atom. The summed E-state index contributed by atoms with van der Waals surface area (Å²) in [6, 6.07) is 8.49. The molecular formula is C17H31IN4O. The van der Waals surface area contributed by atoms with E-state index in [1.165, 1.54) is 5.56 Å². The fraction of sp³-hybridized carbons (Fsp3) is 0.588. The Morgan fingerprint density at radius 1 is 1.26 bits per heavy atom. The maximum atomic E-state index is 5.92. The summed E-state index contributed by atoms with van der Waals surface area (Å²) < 4.78 is 5.15. The van der Waals surface area contributed by atoms with Crippen LogP contribution in [-0.2, 0) is 6.42 Å². The number of guanidine groups is 1. The number of methoxy groups -OCH3 is 1. The van der Waals surface area contributed by atoms with E-state index in [9.17, 15) is 0 Å². The van der Waals surface area contributed by atoms with Crippen molar-refractivity contribution in [2.75, 3.05) is 33.3 Å². The zero-order valence-corrected chi connectivity index (χ0v) is 17.0. The van der Waals surface area contributed by atoms with Gasteiger partial charge in [-0.15, -0.1) is 24.0 Å². The minimum Gasteiger partial charge on any atom is -0.497 e. The van der Waals surface area contributed by atoms with Crippen molar-refractivity contribution in [3.8, 4) is 5.75 Å². The van der Waals surface area contributed by atoms with Gasteiger partial charge in [-0.2, -0.15) is 0 Å². The van der Waals surface area contributed by atoms with Crippen LogP contribution < -0.4 is 15.8 Å². The third kappa shape index (κ3) is 8.41. The number of nitrogens with one attached hydrogen (secondary N) is 1. The van der Waals surface area contributed by atoms with Gasteiger partial charge in [0.15, 0.2) is 5.96 Å². The third-order valence-corrected chi connectivity index (χ3v) is 3.84. The molecule has 1 unspecified atom stereocenters. The number of nitrogens with two attached hydrogens (primary N) is 1. The molecule has 1 rings (SSSR count). The van der Waals surface area contributed by atoms with E-state index in [2.05, 4.69) is 48.1 Å². The molecule has 1 aromatic carbocycles.